The molecule has 1 N–H and O–H groups in total. The molecule has 0 spiro atoms. The Morgan fingerprint density at radius 3 is 2.27 bits per heavy atom. The summed E-state index contributed by atoms with van der Waals surface area (Å²) in [4.78, 5) is 29.3. The van der Waals surface area contributed by atoms with Gasteiger partial charge in [0.05, 0.1) is 29.7 Å². The first kappa shape index (κ1) is 22.0. The molecule has 0 atom stereocenters. The SMILES string of the molecule is CCc1c(C(=O)N2CCN(CC(=O)NC(C)(C)C)CC2)cnn1-c1ccc(C)cc1. The quantitative estimate of drug-likeness (QED) is 0.820. The van der Waals surface area contributed by atoms with Crippen LogP contribution in [-0.2, 0) is 11.2 Å². The van der Waals surface area contributed by atoms with Gasteiger partial charge in [-0.15, -0.1) is 0 Å². The number of hydrogen-bond acceptors (Lipinski definition) is 4. The fraction of sp³-hybridized carbons (Fsp3) is 0.522. The van der Waals surface area contributed by atoms with E-state index < -0.39 is 0 Å². The second-order valence-corrected chi connectivity index (χ2v) is 8.97. The molecule has 7 nitrogen and oxygen atoms in total. The topological polar surface area (TPSA) is 70.5 Å². The molecule has 1 aliphatic heterocycles. The van der Waals surface area contributed by atoms with Crippen molar-refractivity contribution in [3.05, 3.63) is 47.3 Å². The van der Waals surface area contributed by atoms with Gasteiger partial charge in [0.15, 0.2) is 0 Å². The van der Waals surface area contributed by atoms with Gasteiger partial charge >= 0.3 is 0 Å². The summed E-state index contributed by atoms with van der Waals surface area (Å²) in [5.41, 5.74) is 3.51. The number of nitrogens with zero attached hydrogens (tertiary/aromatic N) is 4. The number of hydrogen-bond donors (Lipinski definition) is 1. The van der Waals surface area contributed by atoms with E-state index in [1.54, 1.807) is 6.20 Å². The third-order valence-corrected chi connectivity index (χ3v) is 5.25. The van der Waals surface area contributed by atoms with E-state index in [1.807, 2.05) is 61.5 Å². The number of amides is 2. The van der Waals surface area contributed by atoms with Crippen LogP contribution in [0.2, 0.25) is 0 Å². The summed E-state index contributed by atoms with van der Waals surface area (Å²) in [6.45, 7) is 13.0. The molecule has 2 heterocycles. The van der Waals surface area contributed by atoms with Crippen LogP contribution in [0.1, 0.15) is 49.3 Å². The van der Waals surface area contributed by atoms with E-state index in [-0.39, 0.29) is 17.4 Å². The van der Waals surface area contributed by atoms with E-state index in [2.05, 4.69) is 22.2 Å². The van der Waals surface area contributed by atoms with Crippen molar-refractivity contribution in [2.24, 2.45) is 0 Å². The molecule has 2 amide bonds. The number of carbonyl (C=O) groups is 2. The molecule has 1 saturated heterocycles. The fourth-order valence-electron chi connectivity index (χ4n) is 3.74. The van der Waals surface area contributed by atoms with E-state index >= 15 is 0 Å². The van der Waals surface area contributed by atoms with E-state index in [0.29, 0.717) is 38.3 Å². The lowest BCUT2D eigenvalue weighted by Crippen LogP contribution is -2.52. The third kappa shape index (κ3) is 5.27. The highest BCUT2D eigenvalue weighted by atomic mass is 16.2. The Morgan fingerprint density at radius 1 is 1.07 bits per heavy atom. The molecule has 1 fully saturated rings. The molecule has 2 aromatic rings. The summed E-state index contributed by atoms with van der Waals surface area (Å²) >= 11 is 0. The average Bonchev–Trinajstić information content (AvgIpc) is 3.11. The normalized spacial score (nSPS) is 15.3. The van der Waals surface area contributed by atoms with Crippen LogP contribution in [-0.4, -0.2) is 69.7 Å². The number of rotatable bonds is 5. The molecule has 3 rings (SSSR count). The molecule has 162 valence electrons. The highest BCUT2D eigenvalue weighted by molar-refractivity contribution is 5.95. The Kier molecular flexibility index (Phi) is 6.61. The highest BCUT2D eigenvalue weighted by Crippen LogP contribution is 2.19. The zero-order valence-electron chi connectivity index (χ0n) is 18.7. The number of nitrogens with one attached hydrogen (secondary N) is 1. The third-order valence-electron chi connectivity index (χ3n) is 5.25. The number of piperazine rings is 1. The monoisotopic (exact) mass is 411 g/mol. The molecule has 1 aromatic carbocycles. The standard InChI is InChI=1S/C23H33N5O2/c1-6-20-19(15-24-28(20)18-9-7-17(2)8-10-18)22(30)27-13-11-26(12-14-27)16-21(29)25-23(3,4)5/h7-10,15H,6,11-14,16H2,1-5H3,(H,25,29). The molecular weight excluding hydrogens is 378 g/mol. The van der Waals surface area contributed by atoms with Crippen molar-refractivity contribution in [3.8, 4) is 5.69 Å². The number of aryl methyl sites for hydroxylation is 1. The van der Waals surface area contributed by atoms with E-state index in [4.69, 9.17) is 0 Å². The highest BCUT2D eigenvalue weighted by Gasteiger charge is 2.27. The van der Waals surface area contributed by atoms with E-state index in [9.17, 15) is 9.59 Å². The molecule has 30 heavy (non-hydrogen) atoms. The van der Waals surface area contributed by atoms with Crippen molar-refractivity contribution in [2.45, 2.75) is 46.6 Å². The Bertz CT molecular complexity index is 887. The summed E-state index contributed by atoms with van der Waals surface area (Å²) in [7, 11) is 0. The van der Waals surface area contributed by atoms with Crippen molar-refractivity contribution in [2.75, 3.05) is 32.7 Å². The zero-order chi connectivity index (χ0) is 21.9. The Hall–Kier alpha value is -2.67. The first-order valence-corrected chi connectivity index (χ1v) is 10.6. The number of aromatic nitrogens is 2. The van der Waals surface area contributed by atoms with Gasteiger partial charge in [-0.25, -0.2) is 4.68 Å². The summed E-state index contributed by atoms with van der Waals surface area (Å²) in [6, 6.07) is 8.15. The lowest BCUT2D eigenvalue weighted by atomic mass is 10.1. The van der Waals surface area contributed by atoms with Crippen LogP contribution in [0.4, 0.5) is 0 Å². The van der Waals surface area contributed by atoms with Crippen molar-refractivity contribution >= 4 is 11.8 Å². The van der Waals surface area contributed by atoms with Crippen molar-refractivity contribution in [1.82, 2.24) is 24.9 Å². The molecule has 0 bridgehead atoms. The maximum atomic E-state index is 13.2. The molecule has 1 aromatic heterocycles. The Balaban J connectivity index is 1.64. The van der Waals surface area contributed by atoms with Gasteiger partial charge < -0.3 is 10.2 Å². The minimum absolute atomic E-state index is 0.0176. The zero-order valence-corrected chi connectivity index (χ0v) is 18.7. The molecule has 1 aliphatic rings. The fourth-order valence-corrected chi connectivity index (χ4v) is 3.74. The minimum atomic E-state index is -0.233. The van der Waals surface area contributed by atoms with Crippen molar-refractivity contribution < 1.29 is 9.59 Å². The molecule has 0 saturated carbocycles. The molecule has 7 heteroatoms. The van der Waals surface area contributed by atoms with Crippen LogP contribution >= 0.6 is 0 Å². The predicted molar refractivity (Wildman–Crippen MR) is 118 cm³/mol. The van der Waals surface area contributed by atoms with Gasteiger partial charge in [0.25, 0.3) is 5.91 Å². The first-order chi connectivity index (χ1) is 14.2. The van der Waals surface area contributed by atoms with Gasteiger partial charge in [-0.1, -0.05) is 24.6 Å². The van der Waals surface area contributed by atoms with Crippen molar-refractivity contribution in [3.63, 3.8) is 0 Å². The van der Waals surface area contributed by atoms with E-state index in [1.165, 1.54) is 5.56 Å². The van der Waals surface area contributed by atoms with Crippen LogP contribution in [0, 0.1) is 6.92 Å². The maximum Gasteiger partial charge on any atom is 0.257 e. The lowest BCUT2D eigenvalue weighted by molar-refractivity contribution is -0.124. The largest absolute Gasteiger partial charge is 0.350 e. The molecule has 0 radical (unpaired) electrons. The molecule has 0 unspecified atom stereocenters. The Labute approximate surface area is 179 Å². The summed E-state index contributed by atoms with van der Waals surface area (Å²) < 4.78 is 1.86. The minimum Gasteiger partial charge on any atom is -0.350 e. The molecular formula is C23H33N5O2. The maximum absolute atomic E-state index is 13.2. The summed E-state index contributed by atoms with van der Waals surface area (Å²) in [6.07, 6.45) is 2.41. The van der Waals surface area contributed by atoms with Crippen LogP contribution in [0.25, 0.3) is 5.69 Å². The van der Waals surface area contributed by atoms with Crippen LogP contribution < -0.4 is 5.32 Å². The average molecular weight is 412 g/mol. The van der Waals surface area contributed by atoms with Crippen LogP contribution in [0.3, 0.4) is 0 Å². The summed E-state index contributed by atoms with van der Waals surface area (Å²) in [5.74, 6) is 0.0407. The van der Waals surface area contributed by atoms with Gasteiger partial charge in [-0.2, -0.15) is 5.10 Å². The second-order valence-electron chi connectivity index (χ2n) is 8.97. The summed E-state index contributed by atoms with van der Waals surface area (Å²) in [5, 5.41) is 7.49. The number of benzene rings is 1. The van der Waals surface area contributed by atoms with E-state index in [0.717, 1.165) is 17.8 Å². The number of carbonyl (C=O) groups excluding carboxylic acids is 2. The first-order valence-electron chi connectivity index (χ1n) is 10.6. The Morgan fingerprint density at radius 2 is 1.70 bits per heavy atom. The molecule has 0 aliphatic carbocycles. The predicted octanol–water partition coefficient (Wildman–Crippen LogP) is 2.42. The van der Waals surface area contributed by atoms with Crippen LogP contribution in [0.5, 0.6) is 0 Å². The lowest BCUT2D eigenvalue weighted by Gasteiger charge is -2.35. The smallest absolute Gasteiger partial charge is 0.257 e. The van der Waals surface area contributed by atoms with Gasteiger partial charge in [0.1, 0.15) is 0 Å². The van der Waals surface area contributed by atoms with Gasteiger partial charge in [-0.05, 0) is 46.2 Å². The van der Waals surface area contributed by atoms with Gasteiger partial charge in [0, 0.05) is 31.7 Å². The van der Waals surface area contributed by atoms with Gasteiger partial charge in [0.2, 0.25) is 5.91 Å². The van der Waals surface area contributed by atoms with Crippen molar-refractivity contribution in [1.29, 1.82) is 0 Å². The van der Waals surface area contributed by atoms with Gasteiger partial charge in [-0.3, -0.25) is 14.5 Å². The van der Waals surface area contributed by atoms with Crippen LogP contribution in [0.15, 0.2) is 30.5 Å². The second kappa shape index (κ2) is 9.00.